The Labute approximate surface area is 130 Å². The van der Waals surface area contributed by atoms with E-state index in [0.717, 1.165) is 25.9 Å². The molecule has 0 bridgehead atoms. The molecule has 2 saturated heterocycles. The van der Waals surface area contributed by atoms with Crippen LogP contribution < -0.4 is 5.32 Å². The zero-order valence-corrected chi connectivity index (χ0v) is 13.1. The number of rotatable bonds is 4. The van der Waals surface area contributed by atoms with Gasteiger partial charge in [0.05, 0.1) is 23.8 Å². The molecule has 7 heteroatoms. The molecule has 1 amide bonds. The number of amides is 1. The third kappa shape index (κ3) is 3.59. The number of furan rings is 1. The molecule has 6 nitrogen and oxygen atoms in total. The molecule has 2 atom stereocenters. The monoisotopic (exact) mass is 324 g/mol. The van der Waals surface area contributed by atoms with E-state index in [0.29, 0.717) is 5.76 Å². The van der Waals surface area contributed by atoms with Gasteiger partial charge in [-0.05, 0) is 44.1 Å². The Morgan fingerprint density at radius 2 is 2.09 bits per heavy atom. The second-order valence-corrected chi connectivity index (χ2v) is 8.00. The van der Waals surface area contributed by atoms with Gasteiger partial charge < -0.3 is 9.73 Å². The fraction of sp³-hybridized carbons (Fsp3) is 0.533. The lowest BCUT2D eigenvalue weighted by molar-refractivity contribution is -0.117. The quantitative estimate of drug-likeness (QED) is 0.824. The first-order chi connectivity index (χ1) is 10.5. The highest BCUT2D eigenvalue weighted by atomic mass is 32.2. The molecule has 0 aromatic carbocycles. The lowest BCUT2D eigenvalue weighted by atomic mass is 10.1. The number of nitrogens with one attached hydrogen (secondary N) is 1. The van der Waals surface area contributed by atoms with Crippen molar-refractivity contribution < 1.29 is 17.6 Å². The fourth-order valence-electron chi connectivity index (χ4n) is 3.17. The second kappa shape index (κ2) is 6.26. The van der Waals surface area contributed by atoms with Crippen molar-refractivity contribution >= 4 is 21.8 Å². The van der Waals surface area contributed by atoms with Crippen LogP contribution in [0.25, 0.3) is 6.08 Å². The third-order valence-corrected chi connectivity index (χ3v) is 5.92. The first-order valence-corrected chi connectivity index (χ1v) is 9.32. The van der Waals surface area contributed by atoms with E-state index in [2.05, 4.69) is 10.2 Å². The molecule has 0 unspecified atom stereocenters. The van der Waals surface area contributed by atoms with Gasteiger partial charge in [0.25, 0.3) is 0 Å². The number of carbonyl (C=O) groups is 1. The summed E-state index contributed by atoms with van der Waals surface area (Å²) in [4.78, 5) is 14.2. The molecule has 1 aromatic rings. The van der Waals surface area contributed by atoms with Crippen molar-refractivity contribution in [3.05, 3.63) is 30.2 Å². The summed E-state index contributed by atoms with van der Waals surface area (Å²) < 4.78 is 29.0. The Morgan fingerprint density at radius 1 is 1.32 bits per heavy atom. The Hall–Kier alpha value is -1.60. The van der Waals surface area contributed by atoms with E-state index in [1.807, 2.05) is 0 Å². The number of hydrogen-bond acceptors (Lipinski definition) is 5. The molecule has 0 radical (unpaired) electrons. The zero-order valence-electron chi connectivity index (χ0n) is 12.3. The summed E-state index contributed by atoms with van der Waals surface area (Å²) in [5.41, 5.74) is 0. The van der Waals surface area contributed by atoms with Gasteiger partial charge in [0.2, 0.25) is 5.91 Å². The molecule has 3 rings (SSSR count). The smallest absolute Gasteiger partial charge is 0.244 e. The van der Waals surface area contributed by atoms with Crippen molar-refractivity contribution in [2.75, 3.05) is 24.6 Å². The maximum absolute atomic E-state index is 12.0. The minimum Gasteiger partial charge on any atom is -0.465 e. The van der Waals surface area contributed by atoms with Crippen LogP contribution in [0.15, 0.2) is 28.9 Å². The van der Waals surface area contributed by atoms with Gasteiger partial charge in [-0.25, -0.2) is 8.42 Å². The summed E-state index contributed by atoms with van der Waals surface area (Å²) in [6, 6.07) is 3.05. The van der Waals surface area contributed by atoms with Crippen molar-refractivity contribution in [3.8, 4) is 0 Å². The molecule has 2 fully saturated rings. The van der Waals surface area contributed by atoms with Crippen molar-refractivity contribution in [1.82, 2.24) is 10.2 Å². The van der Waals surface area contributed by atoms with Crippen LogP contribution in [0.3, 0.4) is 0 Å². The largest absolute Gasteiger partial charge is 0.465 e. The molecule has 2 aliphatic heterocycles. The lowest BCUT2D eigenvalue weighted by Crippen LogP contribution is -2.49. The minimum atomic E-state index is -3.08. The summed E-state index contributed by atoms with van der Waals surface area (Å²) in [6.45, 7) is 1.82. The van der Waals surface area contributed by atoms with Crippen molar-refractivity contribution in [2.45, 2.75) is 24.9 Å². The van der Waals surface area contributed by atoms with Crippen LogP contribution in [0.5, 0.6) is 0 Å². The van der Waals surface area contributed by atoms with Gasteiger partial charge in [-0.15, -0.1) is 0 Å². The molecular weight excluding hydrogens is 304 g/mol. The molecule has 120 valence electrons. The summed E-state index contributed by atoms with van der Waals surface area (Å²) >= 11 is 0. The van der Waals surface area contributed by atoms with Gasteiger partial charge >= 0.3 is 0 Å². The predicted octanol–water partition coefficient (Wildman–Crippen LogP) is 0.670. The van der Waals surface area contributed by atoms with Crippen LogP contribution in [0.4, 0.5) is 0 Å². The van der Waals surface area contributed by atoms with Gasteiger partial charge in [-0.1, -0.05) is 0 Å². The Kier molecular flexibility index (Phi) is 4.35. The molecule has 1 N–H and O–H groups in total. The van der Waals surface area contributed by atoms with Crippen molar-refractivity contribution in [3.63, 3.8) is 0 Å². The van der Waals surface area contributed by atoms with Gasteiger partial charge in [-0.3, -0.25) is 9.69 Å². The SMILES string of the molecule is O=C(/C=C\c1ccco1)N[C@@H]1CS(=O)(=O)C[C@H]1N1CCCC1. The van der Waals surface area contributed by atoms with E-state index in [1.54, 1.807) is 18.2 Å². The summed E-state index contributed by atoms with van der Waals surface area (Å²) in [5.74, 6) is 0.460. The Balaban J connectivity index is 1.65. The van der Waals surface area contributed by atoms with Crippen LogP contribution >= 0.6 is 0 Å². The van der Waals surface area contributed by atoms with Gasteiger partial charge in [-0.2, -0.15) is 0 Å². The highest BCUT2D eigenvalue weighted by molar-refractivity contribution is 7.91. The average molecular weight is 324 g/mol. The van der Waals surface area contributed by atoms with Crippen LogP contribution in [-0.4, -0.2) is 55.9 Å². The van der Waals surface area contributed by atoms with E-state index in [4.69, 9.17) is 4.42 Å². The van der Waals surface area contributed by atoms with Crippen molar-refractivity contribution in [2.24, 2.45) is 0 Å². The van der Waals surface area contributed by atoms with Gasteiger partial charge in [0, 0.05) is 12.1 Å². The molecule has 0 spiro atoms. The highest BCUT2D eigenvalue weighted by Gasteiger charge is 2.42. The molecule has 0 aliphatic carbocycles. The van der Waals surface area contributed by atoms with Gasteiger partial charge in [0.1, 0.15) is 5.76 Å². The van der Waals surface area contributed by atoms with E-state index in [1.165, 1.54) is 12.3 Å². The summed E-state index contributed by atoms with van der Waals surface area (Å²) in [6.07, 6.45) is 6.67. The van der Waals surface area contributed by atoms with Crippen LogP contribution in [0, 0.1) is 0 Å². The van der Waals surface area contributed by atoms with Crippen LogP contribution in [-0.2, 0) is 14.6 Å². The molecule has 3 heterocycles. The van der Waals surface area contributed by atoms with Gasteiger partial charge in [0.15, 0.2) is 9.84 Å². The lowest BCUT2D eigenvalue weighted by Gasteiger charge is -2.28. The molecule has 22 heavy (non-hydrogen) atoms. The Bertz CT molecular complexity index is 645. The number of nitrogens with zero attached hydrogens (tertiary/aromatic N) is 1. The average Bonchev–Trinajstić information content (AvgIpc) is 3.17. The molecular formula is C15H20N2O4S. The maximum atomic E-state index is 12.0. The maximum Gasteiger partial charge on any atom is 0.244 e. The predicted molar refractivity (Wildman–Crippen MR) is 82.9 cm³/mol. The second-order valence-electron chi connectivity index (χ2n) is 5.85. The summed E-state index contributed by atoms with van der Waals surface area (Å²) in [5, 5.41) is 2.84. The highest BCUT2D eigenvalue weighted by Crippen LogP contribution is 2.22. The molecule has 1 aromatic heterocycles. The van der Waals surface area contributed by atoms with Crippen molar-refractivity contribution in [1.29, 1.82) is 0 Å². The third-order valence-electron chi connectivity index (χ3n) is 4.20. The first kappa shape index (κ1) is 15.3. The van der Waals surface area contributed by atoms with Crippen LogP contribution in [0.1, 0.15) is 18.6 Å². The normalized spacial score (nSPS) is 28.4. The molecule has 0 saturated carbocycles. The number of hydrogen-bond donors (Lipinski definition) is 1. The minimum absolute atomic E-state index is 0.0223. The topological polar surface area (TPSA) is 79.6 Å². The van der Waals surface area contributed by atoms with E-state index in [9.17, 15) is 13.2 Å². The van der Waals surface area contributed by atoms with E-state index >= 15 is 0 Å². The fourth-order valence-corrected chi connectivity index (χ4v) is 5.13. The number of likely N-dealkylation sites (tertiary alicyclic amines) is 1. The van der Waals surface area contributed by atoms with E-state index < -0.39 is 9.84 Å². The number of carbonyl (C=O) groups excluding carboxylic acids is 1. The summed E-state index contributed by atoms with van der Waals surface area (Å²) in [7, 11) is -3.08. The molecule has 2 aliphatic rings. The standard InChI is InChI=1S/C15H20N2O4S/c18-15(6-5-12-4-3-9-21-12)16-13-10-22(19,20)11-14(13)17-7-1-2-8-17/h3-6,9,13-14H,1-2,7-8,10-11H2,(H,16,18)/b6-5-/t13-,14-/m1/s1. The Morgan fingerprint density at radius 3 is 2.77 bits per heavy atom. The van der Waals surface area contributed by atoms with Crippen LogP contribution in [0.2, 0.25) is 0 Å². The van der Waals surface area contributed by atoms with E-state index in [-0.39, 0.29) is 29.5 Å². The first-order valence-electron chi connectivity index (χ1n) is 7.50. The zero-order chi connectivity index (χ0) is 15.6. The number of sulfone groups is 1.